The van der Waals surface area contributed by atoms with Crippen LogP contribution in [-0.2, 0) is 0 Å². The molecule has 2 fully saturated rings. The van der Waals surface area contributed by atoms with Gasteiger partial charge < -0.3 is 4.90 Å². The van der Waals surface area contributed by atoms with Crippen LogP contribution < -0.4 is 5.32 Å². The average molecular weight is 221 g/mol. The predicted molar refractivity (Wildman–Crippen MR) is 65.0 cm³/mol. The highest BCUT2D eigenvalue weighted by Crippen LogP contribution is 2.32. The molecule has 0 aliphatic carbocycles. The zero-order valence-electron chi connectivity index (χ0n) is 10.5. The van der Waals surface area contributed by atoms with Crippen molar-refractivity contribution in [1.82, 2.24) is 10.2 Å². The van der Waals surface area contributed by atoms with E-state index in [2.05, 4.69) is 30.1 Å². The lowest BCUT2D eigenvalue weighted by atomic mass is 9.84. The standard InChI is InChI=1S/C13H23N3/c1-11(2)9-15-13(10-14)5-7-16-6-3-4-12(16)8-13/h11-12,15H,3-9H2,1-2H3. The lowest BCUT2D eigenvalue weighted by Gasteiger charge is -2.40. The largest absolute Gasteiger partial charge is 0.300 e. The molecule has 0 aromatic rings. The summed E-state index contributed by atoms with van der Waals surface area (Å²) in [5.41, 5.74) is -0.240. The summed E-state index contributed by atoms with van der Waals surface area (Å²) in [5.74, 6) is 0.617. The quantitative estimate of drug-likeness (QED) is 0.789. The molecule has 1 N–H and O–H groups in total. The predicted octanol–water partition coefficient (Wildman–Crippen LogP) is 1.75. The van der Waals surface area contributed by atoms with Crippen LogP contribution in [-0.4, -0.2) is 36.1 Å². The van der Waals surface area contributed by atoms with Gasteiger partial charge in [-0.2, -0.15) is 5.26 Å². The summed E-state index contributed by atoms with van der Waals surface area (Å²) in [6.45, 7) is 7.70. The van der Waals surface area contributed by atoms with Crippen LogP contribution in [0.25, 0.3) is 0 Å². The summed E-state index contributed by atoms with van der Waals surface area (Å²) >= 11 is 0. The Morgan fingerprint density at radius 1 is 1.50 bits per heavy atom. The van der Waals surface area contributed by atoms with Crippen LogP contribution in [0, 0.1) is 17.2 Å². The van der Waals surface area contributed by atoms with E-state index in [9.17, 15) is 5.26 Å². The Hall–Kier alpha value is -0.590. The molecule has 0 aromatic heterocycles. The molecule has 2 saturated heterocycles. The second-order valence-corrected chi connectivity index (χ2v) is 5.75. The number of rotatable bonds is 3. The average Bonchev–Trinajstić information content (AvgIpc) is 2.73. The maximum absolute atomic E-state index is 9.44. The number of fused-ring (bicyclic) bond motifs is 1. The van der Waals surface area contributed by atoms with E-state index in [4.69, 9.17) is 0 Å². The van der Waals surface area contributed by atoms with Crippen molar-refractivity contribution in [3.05, 3.63) is 0 Å². The first-order valence-electron chi connectivity index (χ1n) is 6.55. The summed E-state index contributed by atoms with van der Waals surface area (Å²) in [5, 5.41) is 13.0. The number of nitrogens with one attached hydrogen (secondary N) is 1. The molecule has 0 spiro atoms. The van der Waals surface area contributed by atoms with Gasteiger partial charge in [-0.3, -0.25) is 5.32 Å². The molecule has 2 rings (SSSR count). The fourth-order valence-electron chi connectivity index (χ4n) is 2.96. The molecule has 3 nitrogen and oxygen atoms in total. The number of hydrogen-bond acceptors (Lipinski definition) is 3. The van der Waals surface area contributed by atoms with Crippen LogP contribution in [0.2, 0.25) is 0 Å². The molecule has 0 aromatic carbocycles. The molecular weight excluding hydrogens is 198 g/mol. The molecule has 2 unspecified atom stereocenters. The molecule has 0 radical (unpaired) electrons. The minimum Gasteiger partial charge on any atom is -0.300 e. The normalized spacial score (nSPS) is 35.0. The highest BCUT2D eigenvalue weighted by atomic mass is 15.2. The number of nitrogens with zero attached hydrogens (tertiary/aromatic N) is 2. The summed E-state index contributed by atoms with van der Waals surface area (Å²) in [6, 6.07) is 3.21. The van der Waals surface area contributed by atoms with Crippen molar-refractivity contribution in [3.63, 3.8) is 0 Å². The maximum Gasteiger partial charge on any atom is 0.109 e. The van der Waals surface area contributed by atoms with Gasteiger partial charge in [-0.1, -0.05) is 13.8 Å². The minimum absolute atomic E-state index is 0.240. The lowest BCUT2D eigenvalue weighted by molar-refractivity contribution is 0.134. The van der Waals surface area contributed by atoms with Crippen molar-refractivity contribution < 1.29 is 0 Å². The summed E-state index contributed by atoms with van der Waals surface area (Å²) in [7, 11) is 0. The Morgan fingerprint density at radius 3 is 3.00 bits per heavy atom. The zero-order chi connectivity index (χ0) is 11.6. The SMILES string of the molecule is CC(C)CNC1(C#N)CCN2CCCC2C1. The Balaban J connectivity index is 1.97. The van der Waals surface area contributed by atoms with Gasteiger partial charge in [0.05, 0.1) is 6.07 Å². The molecule has 2 heterocycles. The Labute approximate surface area is 98.8 Å². The molecule has 3 heteroatoms. The van der Waals surface area contributed by atoms with Gasteiger partial charge in [0.15, 0.2) is 0 Å². The molecule has 2 aliphatic heterocycles. The Kier molecular flexibility index (Phi) is 3.51. The van der Waals surface area contributed by atoms with E-state index >= 15 is 0 Å². The lowest BCUT2D eigenvalue weighted by Crippen LogP contribution is -2.55. The van der Waals surface area contributed by atoms with Gasteiger partial charge in [0.2, 0.25) is 0 Å². The third-order valence-corrected chi connectivity index (χ3v) is 3.97. The summed E-state index contributed by atoms with van der Waals surface area (Å²) in [6.07, 6.45) is 4.62. The fourth-order valence-corrected chi connectivity index (χ4v) is 2.96. The smallest absolute Gasteiger partial charge is 0.109 e. The molecule has 0 saturated carbocycles. The van der Waals surface area contributed by atoms with Gasteiger partial charge in [0, 0.05) is 12.6 Å². The Morgan fingerprint density at radius 2 is 2.31 bits per heavy atom. The molecule has 0 amide bonds. The molecule has 90 valence electrons. The van der Waals surface area contributed by atoms with Crippen LogP contribution in [0.4, 0.5) is 0 Å². The highest BCUT2D eigenvalue weighted by Gasteiger charge is 2.41. The maximum atomic E-state index is 9.44. The monoisotopic (exact) mass is 221 g/mol. The second-order valence-electron chi connectivity index (χ2n) is 5.75. The number of nitriles is 1. The number of piperidine rings is 1. The van der Waals surface area contributed by atoms with Crippen molar-refractivity contribution in [2.75, 3.05) is 19.6 Å². The third-order valence-electron chi connectivity index (χ3n) is 3.97. The van der Waals surface area contributed by atoms with Gasteiger partial charge in [0.25, 0.3) is 0 Å². The van der Waals surface area contributed by atoms with E-state index in [1.54, 1.807) is 0 Å². The molecular formula is C13H23N3. The first kappa shape index (κ1) is 11.9. The van der Waals surface area contributed by atoms with Gasteiger partial charge in [-0.25, -0.2) is 0 Å². The van der Waals surface area contributed by atoms with E-state index in [0.29, 0.717) is 12.0 Å². The molecule has 2 aliphatic rings. The topological polar surface area (TPSA) is 39.1 Å². The van der Waals surface area contributed by atoms with Gasteiger partial charge in [-0.05, 0) is 44.7 Å². The van der Waals surface area contributed by atoms with Crippen molar-refractivity contribution in [2.45, 2.75) is 51.1 Å². The second kappa shape index (κ2) is 4.73. The van der Waals surface area contributed by atoms with E-state index in [-0.39, 0.29) is 5.54 Å². The van der Waals surface area contributed by atoms with Gasteiger partial charge in [0.1, 0.15) is 5.54 Å². The van der Waals surface area contributed by atoms with E-state index in [1.165, 1.54) is 19.4 Å². The van der Waals surface area contributed by atoms with Crippen LogP contribution in [0.1, 0.15) is 39.5 Å². The first-order valence-corrected chi connectivity index (χ1v) is 6.55. The van der Waals surface area contributed by atoms with Crippen LogP contribution in [0.15, 0.2) is 0 Å². The van der Waals surface area contributed by atoms with Crippen LogP contribution >= 0.6 is 0 Å². The Bertz CT molecular complexity index is 281. The van der Waals surface area contributed by atoms with Crippen molar-refractivity contribution in [3.8, 4) is 6.07 Å². The van der Waals surface area contributed by atoms with Gasteiger partial charge >= 0.3 is 0 Å². The van der Waals surface area contributed by atoms with E-state index in [0.717, 1.165) is 25.9 Å². The molecule has 16 heavy (non-hydrogen) atoms. The number of hydrogen-bond donors (Lipinski definition) is 1. The summed E-state index contributed by atoms with van der Waals surface area (Å²) < 4.78 is 0. The molecule has 0 bridgehead atoms. The van der Waals surface area contributed by atoms with Crippen LogP contribution in [0.5, 0.6) is 0 Å². The van der Waals surface area contributed by atoms with Gasteiger partial charge in [-0.15, -0.1) is 0 Å². The zero-order valence-corrected chi connectivity index (χ0v) is 10.5. The van der Waals surface area contributed by atoms with Crippen molar-refractivity contribution in [1.29, 1.82) is 5.26 Å². The van der Waals surface area contributed by atoms with E-state index < -0.39 is 0 Å². The highest BCUT2D eigenvalue weighted by molar-refractivity contribution is 5.12. The van der Waals surface area contributed by atoms with Crippen molar-refractivity contribution >= 4 is 0 Å². The van der Waals surface area contributed by atoms with E-state index in [1.807, 2.05) is 0 Å². The minimum atomic E-state index is -0.240. The summed E-state index contributed by atoms with van der Waals surface area (Å²) in [4.78, 5) is 2.56. The first-order chi connectivity index (χ1) is 7.65. The molecule has 2 atom stereocenters. The third kappa shape index (κ3) is 2.39. The fraction of sp³-hybridized carbons (Fsp3) is 0.923. The van der Waals surface area contributed by atoms with Crippen molar-refractivity contribution in [2.24, 2.45) is 5.92 Å². The van der Waals surface area contributed by atoms with Crippen LogP contribution in [0.3, 0.4) is 0 Å².